The summed E-state index contributed by atoms with van der Waals surface area (Å²) in [5, 5.41) is 2.91. The van der Waals surface area contributed by atoms with Gasteiger partial charge in [0.15, 0.2) is 0 Å². The van der Waals surface area contributed by atoms with Crippen LogP contribution < -0.4 is 5.32 Å². The molecule has 2 amide bonds. The van der Waals surface area contributed by atoms with Gasteiger partial charge >= 0.3 is 0 Å². The normalized spacial score (nSPS) is 14.6. The molecule has 2 aromatic rings. The Morgan fingerprint density at radius 2 is 2.00 bits per heavy atom. The number of carbonyl (C=O) groups is 2. The third kappa shape index (κ3) is 3.87. The number of nitrogens with one attached hydrogen (secondary N) is 1. The average molecular weight is 337 g/mol. The van der Waals surface area contributed by atoms with Gasteiger partial charge in [-0.05, 0) is 43.0 Å². The van der Waals surface area contributed by atoms with Crippen molar-refractivity contribution >= 4 is 11.8 Å². The van der Waals surface area contributed by atoms with E-state index in [1.54, 1.807) is 17.0 Å². The molecule has 0 bridgehead atoms. The van der Waals surface area contributed by atoms with E-state index in [4.69, 9.17) is 0 Å². The zero-order valence-corrected chi connectivity index (χ0v) is 14.7. The Bertz CT molecular complexity index is 788. The van der Waals surface area contributed by atoms with Gasteiger partial charge in [0.1, 0.15) is 5.69 Å². The van der Waals surface area contributed by atoms with Crippen LogP contribution in [0.3, 0.4) is 0 Å². The number of carbonyl (C=O) groups excluding carboxylic acids is 2. The Labute approximate surface area is 148 Å². The molecule has 5 heteroatoms. The van der Waals surface area contributed by atoms with Crippen molar-refractivity contribution in [3.05, 3.63) is 65.0 Å². The zero-order valence-electron chi connectivity index (χ0n) is 14.7. The van der Waals surface area contributed by atoms with Crippen LogP contribution in [0.4, 0.5) is 0 Å². The van der Waals surface area contributed by atoms with Gasteiger partial charge < -0.3 is 10.2 Å². The van der Waals surface area contributed by atoms with Gasteiger partial charge in [-0.3, -0.25) is 14.6 Å². The van der Waals surface area contributed by atoms with E-state index in [1.165, 1.54) is 17.3 Å². The highest BCUT2D eigenvalue weighted by Crippen LogP contribution is 2.20. The standard InChI is InChI=1S/C20H23N3O2/c1-3-14(2)22-19(24)16-8-10-21-18(12-16)20(25)23-11-9-15-6-4-5-7-17(15)13-23/h4-8,10,12,14H,3,9,11,13H2,1-2H3,(H,22,24). The maximum Gasteiger partial charge on any atom is 0.272 e. The number of fused-ring (bicyclic) bond motifs is 1. The van der Waals surface area contributed by atoms with Gasteiger partial charge in [0.05, 0.1) is 0 Å². The molecule has 1 aromatic heterocycles. The fourth-order valence-corrected chi connectivity index (χ4v) is 2.93. The number of hydrogen-bond donors (Lipinski definition) is 1. The molecule has 1 atom stereocenters. The second-order valence-electron chi connectivity index (χ2n) is 6.46. The fourth-order valence-electron chi connectivity index (χ4n) is 2.93. The van der Waals surface area contributed by atoms with E-state index in [1.807, 2.05) is 26.0 Å². The molecular weight excluding hydrogens is 314 g/mol. The fraction of sp³-hybridized carbons (Fsp3) is 0.350. The smallest absolute Gasteiger partial charge is 0.272 e. The molecule has 1 aliphatic heterocycles. The lowest BCUT2D eigenvalue weighted by atomic mass is 9.99. The Morgan fingerprint density at radius 1 is 1.24 bits per heavy atom. The monoisotopic (exact) mass is 337 g/mol. The lowest BCUT2D eigenvalue weighted by molar-refractivity contribution is 0.0728. The summed E-state index contributed by atoms with van der Waals surface area (Å²) in [5.41, 5.74) is 3.25. The predicted molar refractivity (Wildman–Crippen MR) is 96.3 cm³/mol. The molecule has 0 aliphatic carbocycles. The van der Waals surface area contributed by atoms with Gasteiger partial charge in [0, 0.05) is 30.9 Å². The molecular formula is C20H23N3O2. The van der Waals surface area contributed by atoms with E-state index in [9.17, 15) is 9.59 Å². The molecule has 1 aliphatic rings. The SMILES string of the molecule is CCC(C)NC(=O)c1ccnc(C(=O)N2CCc3ccccc3C2)c1. The molecule has 1 unspecified atom stereocenters. The summed E-state index contributed by atoms with van der Waals surface area (Å²) in [4.78, 5) is 31.0. The van der Waals surface area contributed by atoms with Crippen LogP contribution in [0.5, 0.6) is 0 Å². The number of benzene rings is 1. The van der Waals surface area contributed by atoms with Gasteiger partial charge in [-0.25, -0.2) is 0 Å². The first kappa shape index (κ1) is 17.1. The van der Waals surface area contributed by atoms with E-state index in [0.717, 1.165) is 12.8 Å². The molecule has 0 saturated carbocycles. The van der Waals surface area contributed by atoms with Gasteiger partial charge in [-0.2, -0.15) is 0 Å². The summed E-state index contributed by atoms with van der Waals surface area (Å²) in [6.07, 6.45) is 3.22. The van der Waals surface area contributed by atoms with Crippen molar-refractivity contribution in [2.75, 3.05) is 6.54 Å². The molecule has 1 N–H and O–H groups in total. The Morgan fingerprint density at radius 3 is 2.76 bits per heavy atom. The largest absolute Gasteiger partial charge is 0.350 e. The van der Waals surface area contributed by atoms with Gasteiger partial charge in [-0.1, -0.05) is 31.2 Å². The first-order valence-electron chi connectivity index (χ1n) is 8.71. The summed E-state index contributed by atoms with van der Waals surface area (Å²) in [7, 11) is 0. The van der Waals surface area contributed by atoms with Crippen molar-refractivity contribution in [2.45, 2.75) is 39.3 Å². The van der Waals surface area contributed by atoms with Gasteiger partial charge in [0.25, 0.3) is 11.8 Å². The minimum Gasteiger partial charge on any atom is -0.350 e. The number of aromatic nitrogens is 1. The Hall–Kier alpha value is -2.69. The van der Waals surface area contributed by atoms with Crippen molar-refractivity contribution in [1.29, 1.82) is 0 Å². The third-order valence-electron chi connectivity index (χ3n) is 4.65. The van der Waals surface area contributed by atoms with Crippen LogP contribution in [0.25, 0.3) is 0 Å². The Kier molecular flexibility index (Phi) is 5.12. The highest BCUT2D eigenvalue weighted by molar-refractivity contribution is 5.98. The van der Waals surface area contributed by atoms with Crippen LogP contribution in [-0.2, 0) is 13.0 Å². The lowest BCUT2D eigenvalue weighted by Crippen LogP contribution is -2.36. The van der Waals surface area contributed by atoms with E-state index in [2.05, 4.69) is 22.4 Å². The molecule has 130 valence electrons. The Balaban J connectivity index is 1.75. The second-order valence-corrected chi connectivity index (χ2v) is 6.46. The van der Waals surface area contributed by atoms with Crippen molar-refractivity contribution in [3.8, 4) is 0 Å². The molecule has 0 fully saturated rings. The molecule has 5 nitrogen and oxygen atoms in total. The quantitative estimate of drug-likeness (QED) is 0.933. The van der Waals surface area contributed by atoms with E-state index in [-0.39, 0.29) is 17.9 Å². The minimum atomic E-state index is -0.171. The van der Waals surface area contributed by atoms with Crippen molar-refractivity contribution < 1.29 is 9.59 Å². The number of pyridine rings is 1. The summed E-state index contributed by atoms with van der Waals surface area (Å²) >= 11 is 0. The molecule has 1 aromatic carbocycles. The van der Waals surface area contributed by atoms with Crippen LogP contribution in [0.2, 0.25) is 0 Å². The van der Waals surface area contributed by atoms with Crippen LogP contribution in [-0.4, -0.2) is 34.3 Å². The summed E-state index contributed by atoms with van der Waals surface area (Å²) < 4.78 is 0. The third-order valence-corrected chi connectivity index (χ3v) is 4.65. The second kappa shape index (κ2) is 7.47. The first-order chi connectivity index (χ1) is 12.1. The molecule has 0 radical (unpaired) electrons. The van der Waals surface area contributed by atoms with Crippen molar-refractivity contribution in [3.63, 3.8) is 0 Å². The number of amides is 2. The first-order valence-corrected chi connectivity index (χ1v) is 8.71. The maximum atomic E-state index is 12.8. The predicted octanol–water partition coefficient (Wildman–Crippen LogP) is 2.81. The highest BCUT2D eigenvalue weighted by Gasteiger charge is 2.23. The minimum absolute atomic E-state index is 0.0958. The van der Waals surface area contributed by atoms with Crippen LogP contribution in [0.15, 0.2) is 42.6 Å². The van der Waals surface area contributed by atoms with Crippen LogP contribution >= 0.6 is 0 Å². The molecule has 0 saturated heterocycles. The number of hydrogen-bond acceptors (Lipinski definition) is 3. The van der Waals surface area contributed by atoms with Crippen LogP contribution in [0, 0.1) is 0 Å². The maximum absolute atomic E-state index is 12.8. The van der Waals surface area contributed by atoms with E-state index >= 15 is 0 Å². The van der Waals surface area contributed by atoms with E-state index in [0.29, 0.717) is 24.3 Å². The average Bonchev–Trinajstić information content (AvgIpc) is 2.67. The van der Waals surface area contributed by atoms with Crippen molar-refractivity contribution in [2.24, 2.45) is 0 Å². The molecule has 3 rings (SSSR count). The summed E-state index contributed by atoms with van der Waals surface area (Å²) in [6.45, 7) is 5.22. The highest BCUT2D eigenvalue weighted by atomic mass is 16.2. The van der Waals surface area contributed by atoms with E-state index < -0.39 is 0 Å². The van der Waals surface area contributed by atoms with Gasteiger partial charge in [-0.15, -0.1) is 0 Å². The zero-order chi connectivity index (χ0) is 17.8. The summed E-state index contributed by atoms with van der Waals surface area (Å²) in [5.74, 6) is -0.303. The topological polar surface area (TPSA) is 62.3 Å². The molecule has 0 spiro atoms. The molecule has 2 heterocycles. The number of nitrogens with zero attached hydrogens (tertiary/aromatic N) is 2. The van der Waals surface area contributed by atoms with Crippen LogP contribution in [0.1, 0.15) is 52.2 Å². The molecule has 25 heavy (non-hydrogen) atoms. The van der Waals surface area contributed by atoms with Crippen molar-refractivity contribution in [1.82, 2.24) is 15.2 Å². The number of rotatable bonds is 4. The summed E-state index contributed by atoms with van der Waals surface area (Å²) in [6, 6.07) is 11.5. The van der Waals surface area contributed by atoms with Gasteiger partial charge in [0.2, 0.25) is 0 Å². The lowest BCUT2D eigenvalue weighted by Gasteiger charge is -2.28.